The molecule has 0 saturated carbocycles. The molecule has 0 unspecified atom stereocenters. The zero-order valence-electron chi connectivity index (χ0n) is 9.22. The Labute approximate surface area is 98.3 Å². The summed E-state index contributed by atoms with van der Waals surface area (Å²) in [6.45, 7) is 0.923. The van der Waals surface area contributed by atoms with Gasteiger partial charge in [0.1, 0.15) is 18.2 Å². The summed E-state index contributed by atoms with van der Waals surface area (Å²) >= 11 is 0. The maximum absolute atomic E-state index is 11.2. The number of nitrogens with zero attached hydrogens (tertiary/aromatic N) is 1. The number of aromatic nitrogens is 2. The van der Waals surface area contributed by atoms with Gasteiger partial charge >= 0.3 is 0 Å². The second-order valence-electron chi connectivity index (χ2n) is 3.45. The van der Waals surface area contributed by atoms with Crippen molar-refractivity contribution in [1.82, 2.24) is 9.97 Å². The molecule has 1 aromatic heterocycles. The van der Waals surface area contributed by atoms with Gasteiger partial charge in [-0.1, -0.05) is 12.1 Å². The van der Waals surface area contributed by atoms with Crippen LogP contribution in [0.2, 0.25) is 0 Å². The number of nitrogens with one attached hydrogen (secondary N) is 1. The van der Waals surface area contributed by atoms with Crippen molar-refractivity contribution < 1.29 is 4.74 Å². The van der Waals surface area contributed by atoms with Crippen LogP contribution in [-0.2, 0) is 0 Å². The van der Waals surface area contributed by atoms with Crippen LogP contribution in [0.15, 0.2) is 41.3 Å². The summed E-state index contributed by atoms with van der Waals surface area (Å²) in [6, 6.07) is 8.72. The second kappa shape index (κ2) is 5.27. The largest absolute Gasteiger partial charge is 0.492 e. The SMILES string of the molecule is NCCOc1cccc(-c2nccc(=O)[nH]2)c1. The van der Waals surface area contributed by atoms with Crippen molar-refractivity contribution in [2.75, 3.05) is 13.2 Å². The fourth-order valence-corrected chi connectivity index (χ4v) is 1.43. The van der Waals surface area contributed by atoms with Crippen LogP contribution >= 0.6 is 0 Å². The minimum atomic E-state index is -0.178. The van der Waals surface area contributed by atoms with Gasteiger partial charge in [0.05, 0.1) is 0 Å². The number of ether oxygens (including phenoxy) is 1. The number of aromatic amines is 1. The van der Waals surface area contributed by atoms with E-state index in [9.17, 15) is 4.79 Å². The van der Waals surface area contributed by atoms with Gasteiger partial charge in [-0.15, -0.1) is 0 Å². The number of hydrogen-bond acceptors (Lipinski definition) is 4. The van der Waals surface area contributed by atoms with E-state index in [4.69, 9.17) is 10.5 Å². The van der Waals surface area contributed by atoms with Crippen LogP contribution < -0.4 is 16.0 Å². The van der Waals surface area contributed by atoms with Crippen molar-refractivity contribution in [3.63, 3.8) is 0 Å². The molecule has 0 saturated heterocycles. The van der Waals surface area contributed by atoms with E-state index < -0.39 is 0 Å². The van der Waals surface area contributed by atoms with E-state index in [1.807, 2.05) is 24.3 Å². The van der Waals surface area contributed by atoms with Crippen molar-refractivity contribution in [1.29, 1.82) is 0 Å². The molecule has 2 aromatic rings. The minimum Gasteiger partial charge on any atom is -0.492 e. The molecule has 1 aromatic carbocycles. The zero-order valence-corrected chi connectivity index (χ0v) is 9.22. The first-order valence-corrected chi connectivity index (χ1v) is 5.28. The standard InChI is InChI=1S/C12H13N3O2/c13-5-7-17-10-3-1-2-9(8-10)12-14-6-4-11(16)15-12/h1-4,6,8H,5,7,13H2,(H,14,15,16). The third kappa shape index (κ3) is 2.92. The van der Waals surface area contributed by atoms with E-state index in [1.165, 1.54) is 12.3 Å². The normalized spacial score (nSPS) is 10.2. The van der Waals surface area contributed by atoms with Crippen LogP contribution in [0.3, 0.4) is 0 Å². The predicted molar refractivity (Wildman–Crippen MR) is 64.8 cm³/mol. The molecule has 2 rings (SSSR count). The van der Waals surface area contributed by atoms with Gasteiger partial charge in [0.2, 0.25) is 0 Å². The van der Waals surface area contributed by atoms with E-state index in [0.29, 0.717) is 24.7 Å². The lowest BCUT2D eigenvalue weighted by atomic mass is 10.2. The molecule has 0 amide bonds. The average Bonchev–Trinajstić information content (AvgIpc) is 2.37. The third-order valence-corrected chi connectivity index (χ3v) is 2.17. The molecule has 0 atom stereocenters. The summed E-state index contributed by atoms with van der Waals surface area (Å²) in [5, 5.41) is 0. The summed E-state index contributed by atoms with van der Waals surface area (Å²) in [4.78, 5) is 17.9. The Bertz CT molecular complexity index is 551. The Morgan fingerprint density at radius 3 is 3.00 bits per heavy atom. The average molecular weight is 231 g/mol. The summed E-state index contributed by atoms with van der Waals surface area (Å²) < 4.78 is 5.40. The highest BCUT2D eigenvalue weighted by Gasteiger charge is 2.01. The smallest absolute Gasteiger partial charge is 0.251 e. The molecule has 0 bridgehead atoms. The molecule has 17 heavy (non-hydrogen) atoms. The number of rotatable bonds is 4. The molecule has 5 heteroatoms. The molecule has 1 heterocycles. The van der Waals surface area contributed by atoms with Gasteiger partial charge in [-0.2, -0.15) is 0 Å². The van der Waals surface area contributed by atoms with Gasteiger partial charge < -0.3 is 15.5 Å². The molecule has 0 aliphatic rings. The Kier molecular flexibility index (Phi) is 3.52. The van der Waals surface area contributed by atoms with Crippen LogP contribution in [0, 0.1) is 0 Å². The Balaban J connectivity index is 2.29. The molecule has 0 spiro atoms. The van der Waals surface area contributed by atoms with E-state index in [1.54, 1.807) is 0 Å². The Hall–Kier alpha value is -2.14. The highest BCUT2D eigenvalue weighted by Crippen LogP contribution is 2.19. The predicted octanol–water partition coefficient (Wildman–Crippen LogP) is 0.774. The first-order valence-electron chi connectivity index (χ1n) is 5.28. The zero-order chi connectivity index (χ0) is 12.1. The van der Waals surface area contributed by atoms with Crippen LogP contribution in [0.25, 0.3) is 11.4 Å². The van der Waals surface area contributed by atoms with E-state index in [2.05, 4.69) is 9.97 Å². The van der Waals surface area contributed by atoms with Crippen LogP contribution in [0.4, 0.5) is 0 Å². The summed E-state index contributed by atoms with van der Waals surface area (Å²) in [5.41, 5.74) is 5.99. The Morgan fingerprint density at radius 1 is 1.35 bits per heavy atom. The molecule has 5 nitrogen and oxygen atoms in total. The van der Waals surface area contributed by atoms with Crippen LogP contribution in [0.5, 0.6) is 5.75 Å². The van der Waals surface area contributed by atoms with Gasteiger partial charge in [-0.25, -0.2) is 4.98 Å². The molecule has 0 aliphatic carbocycles. The van der Waals surface area contributed by atoms with Crippen molar-refractivity contribution in [2.24, 2.45) is 5.73 Å². The molecular formula is C12H13N3O2. The van der Waals surface area contributed by atoms with Gasteiger partial charge in [0, 0.05) is 24.4 Å². The van der Waals surface area contributed by atoms with Gasteiger partial charge in [-0.3, -0.25) is 4.79 Å². The van der Waals surface area contributed by atoms with Crippen molar-refractivity contribution in [2.45, 2.75) is 0 Å². The molecular weight excluding hydrogens is 218 g/mol. The van der Waals surface area contributed by atoms with Gasteiger partial charge in [0.25, 0.3) is 5.56 Å². The third-order valence-electron chi connectivity index (χ3n) is 2.17. The highest BCUT2D eigenvalue weighted by molar-refractivity contribution is 5.56. The quantitative estimate of drug-likeness (QED) is 0.814. The van der Waals surface area contributed by atoms with Crippen molar-refractivity contribution in [3.05, 3.63) is 46.9 Å². The topological polar surface area (TPSA) is 81.0 Å². The first-order chi connectivity index (χ1) is 8.29. The van der Waals surface area contributed by atoms with Crippen molar-refractivity contribution >= 4 is 0 Å². The maximum atomic E-state index is 11.2. The van der Waals surface area contributed by atoms with Gasteiger partial charge in [0.15, 0.2) is 0 Å². The van der Waals surface area contributed by atoms with Crippen LogP contribution in [0.1, 0.15) is 0 Å². The van der Waals surface area contributed by atoms with Gasteiger partial charge in [-0.05, 0) is 12.1 Å². The monoisotopic (exact) mass is 231 g/mol. The highest BCUT2D eigenvalue weighted by atomic mass is 16.5. The molecule has 0 fully saturated rings. The fourth-order valence-electron chi connectivity index (χ4n) is 1.43. The van der Waals surface area contributed by atoms with E-state index in [0.717, 1.165) is 5.56 Å². The Morgan fingerprint density at radius 2 is 2.24 bits per heavy atom. The summed E-state index contributed by atoms with van der Waals surface area (Å²) in [6.07, 6.45) is 1.47. The second-order valence-corrected chi connectivity index (χ2v) is 3.45. The summed E-state index contributed by atoms with van der Waals surface area (Å²) in [5.74, 6) is 1.23. The number of benzene rings is 1. The van der Waals surface area contributed by atoms with Crippen LogP contribution in [-0.4, -0.2) is 23.1 Å². The number of hydrogen-bond donors (Lipinski definition) is 2. The minimum absolute atomic E-state index is 0.178. The van der Waals surface area contributed by atoms with E-state index >= 15 is 0 Å². The number of nitrogens with two attached hydrogens (primary N) is 1. The first kappa shape index (κ1) is 11.3. The lowest BCUT2D eigenvalue weighted by Gasteiger charge is -2.06. The fraction of sp³-hybridized carbons (Fsp3) is 0.167. The lowest BCUT2D eigenvalue weighted by molar-refractivity contribution is 0.328. The lowest BCUT2D eigenvalue weighted by Crippen LogP contribution is -2.10. The number of H-pyrrole nitrogens is 1. The summed E-state index contributed by atoms with van der Waals surface area (Å²) in [7, 11) is 0. The molecule has 0 radical (unpaired) electrons. The molecule has 0 aliphatic heterocycles. The van der Waals surface area contributed by atoms with Crippen molar-refractivity contribution in [3.8, 4) is 17.1 Å². The maximum Gasteiger partial charge on any atom is 0.251 e. The van der Waals surface area contributed by atoms with E-state index in [-0.39, 0.29) is 5.56 Å². The molecule has 88 valence electrons. The molecule has 3 N–H and O–H groups in total.